The Hall–Kier alpha value is -3.24. The number of pyridine rings is 2. The quantitative estimate of drug-likeness (QED) is 0.419. The summed E-state index contributed by atoms with van der Waals surface area (Å²) in [6.45, 7) is 4.72. The zero-order valence-electron chi connectivity index (χ0n) is 15.9. The Morgan fingerprint density at radius 2 is 1.50 bits per heavy atom. The lowest BCUT2D eigenvalue weighted by Gasteiger charge is -2.23. The van der Waals surface area contributed by atoms with E-state index in [1.807, 2.05) is 36.8 Å². The highest BCUT2D eigenvalue weighted by molar-refractivity contribution is 7.00. The Kier molecular flexibility index (Phi) is 3.88. The molecule has 0 fully saturated rings. The van der Waals surface area contributed by atoms with Gasteiger partial charge in [0, 0.05) is 29.4 Å². The molecule has 136 valence electrons. The summed E-state index contributed by atoms with van der Waals surface area (Å²) in [5, 5.41) is 4.83. The lowest BCUT2D eigenvalue weighted by molar-refractivity contribution is 0.669. The van der Waals surface area contributed by atoms with Gasteiger partial charge in [0.15, 0.2) is 0 Å². The smallest absolute Gasteiger partial charge is 0.147 e. The van der Waals surface area contributed by atoms with Gasteiger partial charge in [-0.15, -0.1) is 0 Å². The maximum Gasteiger partial charge on any atom is 0.147 e. The van der Waals surface area contributed by atoms with Crippen molar-refractivity contribution in [1.29, 1.82) is 0 Å². The van der Waals surface area contributed by atoms with E-state index in [1.165, 1.54) is 10.4 Å². The van der Waals surface area contributed by atoms with Gasteiger partial charge in [-0.1, -0.05) is 72.9 Å². The first-order chi connectivity index (χ1) is 13.6. The number of hydrogen-bond donors (Lipinski definition) is 0. The fourth-order valence-corrected chi connectivity index (χ4v) is 6.01. The van der Waals surface area contributed by atoms with Gasteiger partial charge in [-0.3, -0.25) is 9.97 Å². The highest BCUT2D eigenvalue weighted by Gasteiger charge is 2.26. The third-order valence-corrected chi connectivity index (χ3v) is 9.06. The molecule has 0 aliphatic rings. The van der Waals surface area contributed by atoms with Crippen molar-refractivity contribution in [2.75, 3.05) is 0 Å². The van der Waals surface area contributed by atoms with E-state index in [1.54, 1.807) is 0 Å². The molecule has 0 unspecified atom stereocenters. The molecule has 0 N–H and O–H groups in total. The lowest BCUT2D eigenvalue weighted by Crippen LogP contribution is -2.52. The molecule has 3 heterocycles. The van der Waals surface area contributed by atoms with Gasteiger partial charge in [0.2, 0.25) is 0 Å². The van der Waals surface area contributed by atoms with Crippen molar-refractivity contribution in [1.82, 2.24) is 9.97 Å². The second-order valence-corrected chi connectivity index (χ2v) is 12.0. The predicted octanol–water partition coefficient (Wildman–Crippen LogP) is 4.87. The minimum absolute atomic E-state index is 0.844. The van der Waals surface area contributed by atoms with Crippen LogP contribution in [0.4, 0.5) is 0 Å². The molecule has 5 rings (SSSR count). The fourth-order valence-electron chi connectivity index (χ4n) is 3.77. The highest BCUT2D eigenvalue weighted by atomic mass is 28.3. The highest BCUT2D eigenvalue weighted by Crippen LogP contribution is 2.33. The minimum atomic E-state index is -1.76. The maximum atomic E-state index is 6.13. The summed E-state index contributed by atoms with van der Waals surface area (Å²) >= 11 is 0. The fraction of sp³-hybridized carbons (Fsp3) is 0.0833. The van der Waals surface area contributed by atoms with Crippen LogP contribution in [0.3, 0.4) is 0 Å². The molecule has 0 amide bonds. The number of furan rings is 1. The molecule has 0 saturated carbocycles. The van der Waals surface area contributed by atoms with E-state index in [0.29, 0.717) is 0 Å². The molecule has 0 spiro atoms. The molecule has 5 aromatic rings. The van der Waals surface area contributed by atoms with Gasteiger partial charge in [0.1, 0.15) is 19.2 Å². The van der Waals surface area contributed by atoms with Crippen LogP contribution in [0.2, 0.25) is 13.1 Å². The van der Waals surface area contributed by atoms with Crippen LogP contribution in [0, 0.1) is 0 Å². The zero-order valence-corrected chi connectivity index (χ0v) is 16.9. The van der Waals surface area contributed by atoms with Crippen molar-refractivity contribution < 1.29 is 4.42 Å². The minimum Gasteiger partial charge on any atom is -0.455 e. The van der Waals surface area contributed by atoms with Gasteiger partial charge in [0.05, 0.1) is 11.3 Å². The maximum absolute atomic E-state index is 6.13. The number of hydrogen-bond acceptors (Lipinski definition) is 3. The number of para-hydroxylation sites is 1. The Labute approximate surface area is 164 Å². The van der Waals surface area contributed by atoms with Crippen LogP contribution in [0.1, 0.15) is 0 Å². The monoisotopic (exact) mass is 380 g/mol. The number of aromatic nitrogens is 2. The molecule has 0 radical (unpaired) electrons. The van der Waals surface area contributed by atoms with E-state index in [-0.39, 0.29) is 0 Å². The van der Waals surface area contributed by atoms with E-state index in [4.69, 9.17) is 9.40 Å². The topological polar surface area (TPSA) is 38.9 Å². The third kappa shape index (κ3) is 2.65. The average Bonchev–Trinajstić information content (AvgIpc) is 3.13. The summed E-state index contributed by atoms with van der Waals surface area (Å²) in [4.78, 5) is 9.23. The molecule has 2 aromatic carbocycles. The molecule has 0 bridgehead atoms. The normalized spacial score (nSPS) is 11.9. The average molecular weight is 381 g/mol. The molecule has 3 nitrogen and oxygen atoms in total. The zero-order chi connectivity index (χ0) is 19.1. The SMILES string of the molecule is C[Si](C)(c1ccccc1)c1ccc(-c2cncc3c2oc2ccccc23)nc1. The van der Waals surface area contributed by atoms with Gasteiger partial charge in [-0.2, -0.15) is 0 Å². The second kappa shape index (κ2) is 6.43. The van der Waals surface area contributed by atoms with Crippen LogP contribution in [0.5, 0.6) is 0 Å². The summed E-state index contributed by atoms with van der Waals surface area (Å²) < 4.78 is 6.13. The molecular weight excluding hydrogens is 360 g/mol. The molecule has 4 heteroatoms. The first-order valence-corrected chi connectivity index (χ1v) is 12.4. The summed E-state index contributed by atoms with van der Waals surface area (Å²) in [5.41, 5.74) is 3.54. The van der Waals surface area contributed by atoms with E-state index >= 15 is 0 Å². The molecule has 0 aliphatic heterocycles. The van der Waals surface area contributed by atoms with Gasteiger partial charge >= 0.3 is 0 Å². The van der Waals surface area contributed by atoms with Crippen LogP contribution in [0.15, 0.2) is 89.7 Å². The van der Waals surface area contributed by atoms with Crippen molar-refractivity contribution in [2.45, 2.75) is 13.1 Å². The second-order valence-electron chi connectivity index (χ2n) is 7.59. The molecule has 0 aliphatic carbocycles. The standard InChI is InChI=1S/C24H20N2OSi/c1-28(2,17-8-4-3-5-9-17)18-12-13-22(26-14-18)21-16-25-15-20-19-10-6-7-11-23(19)27-24(20)21/h3-16H,1-2H3. The van der Waals surface area contributed by atoms with Crippen LogP contribution in [-0.2, 0) is 0 Å². The van der Waals surface area contributed by atoms with E-state index in [9.17, 15) is 0 Å². The van der Waals surface area contributed by atoms with E-state index in [2.05, 4.69) is 66.6 Å². The van der Waals surface area contributed by atoms with Crippen LogP contribution >= 0.6 is 0 Å². The first-order valence-electron chi connectivity index (χ1n) is 9.42. The molecule has 0 atom stereocenters. The third-order valence-electron chi connectivity index (χ3n) is 5.54. The van der Waals surface area contributed by atoms with Crippen molar-refractivity contribution in [3.63, 3.8) is 0 Å². The lowest BCUT2D eigenvalue weighted by atomic mass is 10.1. The van der Waals surface area contributed by atoms with Gasteiger partial charge in [-0.05, 0) is 17.3 Å². The number of rotatable bonds is 3. The van der Waals surface area contributed by atoms with Crippen LogP contribution in [0.25, 0.3) is 33.2 Å². The number of fused-ring (bicyclic) bond motifs is 3. The first kappa shape index (κ1) is 16.9. The molecular formula is C24H20N2OSi. The van der Waals surface area contributed by atoms with Crippen LogP contribution < -0.4 is 10.4 Å². The van der Waals surface area contributed by atoms with Crippen LogP contribution in [-0.4, -0.2) is 18.0 Å². The number of nitrogens with zero attached hydrogens (tertiary/aromatic N) is 2. The Balaban J connectivity index is 1.60. The summed E-state index contributed by atoms with van der Waals surface area (Å²) in [5.74, 6) is 0. The predicted molar refractivity (Wildman–Crippen MR) is 118 cm³/mol. The Bertz CT molecular complexity index is 1270. The molecule has 0 saturated heterocycles. The van der Waals surface area contributed by atoms with Crippen molar-refractivity contribution in [3.8, 4) is 11.3 Å². The van der Waals surface area contributed by atoms with Gasteiger partial charge in [0.25, 0.3) is 0 Å². The molecule has 3 aromatic heterocycles. The summed E-state index contributed by atoms with van der Waals surface area (Å²) in [6.07, 6.45) is 5.73. The summed E-state index contributed by atoms with van der Waals surface area (Å²) in [7, 11) is -1.76. The van der Waals surface area contributed by atoms with E-state index < -0.39 is 8.07 Å². The largest absolute Gasteiger partial charge is 0.455 e. The van der Waals surface area contributed by atoms with Crippen molar-refractivity contribution in [3.05, 3.63) is 85.3 Å². The number of benzene rings is 2. The molecule has 28 heavy (non-hydrogen) atoms. The van der Waals surface area contributed by atoms with E-state index in [0.717, 1.165) is 33.2 Å². The summed E-state index contributed by atoms with van der Waals surface area (Å²) in [6, 6.07) is 23.1. The Morgan fingerprint density at radius 1 is 0.714 bits per heavy atom. The Morgan fingerprint density at radius 3 is 2.29 bits per heavy atom. The van der Waals surface area contributed by atoms with Crippen molar-refractivity contribution in [2.24, 2.45) is 0 Å². The van der Waals surface area contributed by atoms with Gasteiger partial charge in [-0.25, -0.2) is 0 Å². The van der Waals surface area contributed by atoms with Gasteiger partial charge < -0.3 is 4.42 Å². The van der Waals surface area contributed by atoms with Crippen molar-refractivity contribution >= 4 is 40.4 Å².